The molecule has 0 saturated carbocycles. The second-order valence-corrected chi connectivity index (χ2v) is 3.73. The van der Waals surface area contributed by atoms with Crippen LogP contribution in [0.25, 0.3) is 0 Å². The molecule has 0 aromatic carbocycles. The number of rotatable bonds is 2. The number of Topliss-reactive ketones (excluding diaryl/α,β-unsaturated/α-hetero) is 1. The van der Waals surface area contributed by atoms with E-state index >= 15 is 0 Å². The lowest BCUT2D eigenvalue weighted by atomic mass is 9.93. The molecule has 1 aliphatic rings. The number of aromatic nitrogens is 1. The zero-order chi connectivity index (χ0) is 10.8. The van der Waals surface area contributed by atoms with Crippen molar-refractivity contribution in [2.45, 2.75) is 32.6 Å². The van der Waals surface area contributed by atoms with Gasteiger partial charge >= 0.3 is 0 Å². The second kappa shape index (κ2) is 3.88. The van der Waals surface area contributed by atoms with Crippen LogP contribution in [0.4, 0.5) is 0 Å². The van der Waals surface area contributed by atoms with Crippen molar-refractivity contribution in [1.29, 1.82) is 0 Å². The second-order valence-electron chi connectivity index (χ2n) is 3.73. The summed E-state index contributed by atoms with van der Waals surface area (Å²) in [6.07, 6.45) is 4.36. The number of oxazole rings is 1. The van der Waals surface area contributed by atoms with Crippen LogP contribution in [-0.4, -0.2) is 15.9 Å². The third-order valence-corrected chi connectivity index (χ3v) is 2.66. The van der Waals surface area contributed by atoms with E-state index in [0.29, 0.717) is 24.1 Å². The van der Waals surface area contributed by atoms with E-state index in [1.165, 1.54) is 6.39 Å². The molecule has 0 atom stereocenters. The first-order valence-electron chi connectivity index (χ1n) is 5.06. The first kappa shape index (κ1) is 9.96. The van der Waals surface area contributed by atoms with Gasteiger partial charge < -0.3 is 9.52 Å². The first-order chi connectivity index (χ1) is 7.20. The molecule has 0 unspecified atom stereocenters. The van der Waals surface area contributed by atoms with Gasteiger partial charge in [-0.2, -0.15) is 0 Å². The molecule has 0 saturated heterocycles. The minimum atomic E-state index is -0.220. The van der Waals surface area contributed by atoms with Crippen molar-refractivity contribution in [2.24, 2.45) is 0 Å². The molecule has 0 amide bonds. The van der Waals surface area contributed by atoms with E-state index in [1.807, 2.05) is 0 Å². The Morgan fingerprint density at radius 1 is 1.47 bits per heavy atom. The number of aliphatic hydroxyl groups excluding tert-OH is 1. The van der Waals surface area contributed by atoms with Crippen LogP contribution >= 0.6 is 0 Å². The van der Waals surface area contributed by atoms with Gasteiger partial charge in [-0.3, -0.25) is 4.79 Å². The van der Waals surface area contributed by atoms with E-state index in [9.17, 15) is 9.90 Å². The van der Waals surface area contributed by atoms with E-state index in [1.54, 1.807) is 6.92 Å². The molecule has 1 aromatic heterocycles. The summed E-state index contributed by atoms with van der Waals surface area (Å²) in [5, 5.41) is 9.63. The maximum atomic E-state index is 11.9. The molecule has 1 heterocycles. The summed E-state index contributed by atoms with van der Waals surface area (Å²) in [4.78, 5) is 15.8. The van der Waals surface area contributed by atoms with Gasteiger partial charge in [0, 0.05) is 12.0 Å². The van der Waals surface area contributed by atoms with Gasteiger partial charge in [0.2, 0.25) is 5.78 Å². The van der Waals surface area contributed by atoms with Crippen LogP contribution in [0.3, 0.4) is 0 Å². The Hall–Kier alpha value is -1.58. The Kier molecular flexibility index (Phi) is 2.58. The van der Waals surface area contributed by atoms with Crippen LogP contribution in [0.2, 0.25) is 0 Å². The molecule has 80 valence electrons. The third-order valence-electron chi connectivity index (χ3n) is 2.66. The highest BCUT2D eigenvalue weighted by Gasteiger charge is 2.23. The fourth-order valence-electron chi connectivity index (χ4n) is 1.79. The number of carbonyl (C=O) groups excluding carboxylic acids is 1. The predicted octanol–water partition coefficient (Wildman–Crippen LogP) is 2.55. The van der Waals surface area contributed by atoms with E-state index in [-0.39, 0.29) is 17.3 Å². The van der Waals surface area contributed by atoms with Gasteiger partial charge in [0.05, 0.1) is 11.5 Å². The maximum Gasteiger partial charge on any atom is 0.229 e. The molecule has 0 radical (unpaired) electrons. The van der Waals surface area contributed by atoms with Crippen LogP contribution in [0.15, 0.2) is 22.1 Å². The van der Waals surface area contributed by atoms with Crippen LogP contribution in [0, 0.1) is 6.92 Å². The summed E-state index contributed by atoms with van der Waals surface area (Å²) in [7, 11) is 0. The number of carbonyl (C=O) groups is 1. The SMILES string of the molecule is Cc1ncoc1C(=O)C1=C(O)CCCC1. The molecule has 15 heavy (non-hydrogen) atoms. The minimum absolute atomic E-state index is 0.210. The third kappa shape index (κ3) is 1.79. The average Bonchev–Trinajstić information content (AvgIpc) is 2.64. The monoisotopic (exact) mass is 207 g/mol. The normalized spacial score (nSPS) is 16.9. The van der Waals surface area contributed by atoms with Crippen LogP contribution in [0.1, 0.15) is 41.9 Å². The molecule has 2 rings (SSSR count). The lowest BCUT2D eigenvalue weighted by Gasteiger charge is -2.13. The van der Waals surface area contributed by atoms with Crippen molar-refractivity contribution >= 4 is 5.78 Å². The van der Waals surface area contributed by atoms with Crippen LogP contribution in [-0.2, 0) is 0 Å². The number of hydrogen-bond acceptors (Lipinski definition) is 4. The Bertz CT molecular complexity index is 417. The molecule has 0 aliphatic heterocycles. The molecule has 0 spiro atoms. The highest BCUT2D eigenvalue weighted by Crippen LogP contribution is 2.26. The van der Waals surface area contributed by atoms with Gasteiger partial charge in [0.15, 0.2) is 12.2 Å². The minimum Gasteiger partial charge on any atom is -0.512 e. The number of aliphatic hydroxyl groups is 1. The van der Waals surface area contributed by atoms with Gasteiger partial charge in [-0.25, -0.2) is 4.98 Å². The Morgan fingerprint density at radius 2 is 2.20 bits per heavy atom. The van der Waals surface area contributed by atoms with Crippen molar-refractivity contribution in [2.75, 3.05) is 0 Å². The van der Waals surface area contributed by atoms with Crippen LogP contribution in [0.5, 0.6) is 0 Å². The molecule has 4 nitrogen and oxygen atoms in total. The molecule has 1 N–H and O–H groups in total. The highest BCUT2D eigenvalue weighted by molar-refractivity contribution is 6.07. The van der Waals surface area contributed by atoms with E-state index < -0.39 is 0 Å². The van der Waals surface area contributed by atoms with Crippen molar-refractivity contribution < 1.29 is 14.3 Å². The molecule has 0 bridgehead atoms. The highest BCUT2D eigenvalue weighted by atomic mass is 16.3. The summed E-state index contributed by atoms with van der Waals surface area (Å²) in [6.45, 7) is 1.72. The molecule has 1 aromatic rings. The van der Waals surface area contributed by atoms with Crippen molar-refractivity contribution in [3.8, 4) is 0 Å². The Labute approximate surface area is 87.6 Å². The quantitative estimate of drug-likeness (QED) is 0.757. The molecular weight excluding hydrogens is 194 g/mol. The number of aryl methyl sites for hydroxylation is 1. The summed E-state index contributed by atoms with van der Waals surface area (Å²) in [5.41, 5.74) is 1.06. The standard InChI is InChI=1S/C11H13NO3/c1-7-11(15-6-12-7)10(14)8-4-2-3-5-9(8)13/h6,13H,2-5H2,1H3. The number of nitrogens with zero attached hydrogens (tertiary/aromatic N) is 1. The Balaban J connectivity index is 2.32. The summed E-state index contributed by atoms with van der Waals surface area (Å²) in [5.74, 6) is 0.239. The molecule has 1 aliphatic carbocycles. The van der Waals surface area contributed by atoms with Crippen molar-refractivity contribution in [3.63, 3.8) is 0 Å². The van der Waals surface area contributed by atoms with Crippen molar-refractivity contribution in [3.05, 3.63) is 29.2 Å². The molecule has 4 heteroatoms. The first-order valence-corrected chi connectivity index (χ1v) is 5.06. The van der Waals surface area contributed by atoms with Crippen molar-refractivity contribution in [1.82, 2.24) is 4.98 Å². The van der Waals surface area contributed by atoms with E-state index in [0.717, 1.165) is 12.8 Å². The average molecular weight is 207 g/mol. The number of hydrogen-bond donors (Lipinski definition) is 1. The number of allylic oxidation sites excluding steroid dienone is 2. The topological polar surface area (TPSA) is 63.3 Å². The fourth-order valence-corrected chi connectivity index (χ4v) is 1.79. The maximum absolute atomic E-state index is 11.9. The number of ketones is 1. The summed E-state index contributed by atoms with van der Waals surface area (Å²) >= 11 is 0. The summed E-state index contributed by atoms with van der Waals surface area (Å²) < 4.78 is 5.02. The fraction of sp³-hybridized carbons (Fsp3) is 0.455. The smallest absolute Gasteiger partial charge is 0.229 e. The lowest BCUT2D eigenvalue weighted by molar-refractivity contribution is 0.0990. The predicted molar refractivity (Wildman–Crippen MR) is 53.7 cm³/mol. The molecule has 0 fully saturated rings. The van der Waals surface area contributed by atoms with E-state index in [4.69, 9.17) is 4.42 Å². The van der Waals surface area contributed by atoms with E-state index in [2.05, 4.69) is 4.98 Å². The van der Waals surface area contributed by atoms with Gasteiger partial charge in [-0.1, -0.05) is 0 Å². The van der Waals surface area contributed by atoms with Gasteiger partial charge in [0.25, 0.3) is 0 Å². The zero-order valence-corrected chi connectivity index (χ0v) is 8.62. The lowest BCUT2D eigenvalue weighted by Crippen LogP contribution is -2.10. The van der Waals surface area contributed by atoms with Gasteiger partial charge in [-0.15, -0.1) is 0 Å². The largest absolute Gasteiger partial charge is 0.512 e. The van der Waals surface area contributed by atoms with Gasteiger partial charge in [-0.05, 0) is 26.2 Å². The Morgan fingerprint density at radius 3 is 2.80 bits per heavy atom. The summed E-state index contributed by atoms with van der Waals surface area (Å²) in [6, 6.07) is 0. The zero-order valence-electron chi connectivity index (χ0n) is 8.62. The molecular formula is C11H13NO3. The van der Waals surface area contributed by atoms with Gasteiger partial charge in [0.1, 0.15) is 0 Å². The van der Waals surface area contributed by atoms with Crippen LogP contribution < -0.4 is 0 Å².